The lowest BCUT2D eigenvalue weighted by atomic mass is 10.2. The lowest BCUT2D eigenvalue weighted by molar-refractivity contribution is 0.206. The monoisotopic (exact) mass is 298 g/mol. The Morgan fingerprint density at radius 1 is 1.09 bits per heavy atom. The van der Waals surface area contributed by atoms with Gasteiger partial charge in [-0.05, 0) is 29.3 Å². The first-order valence-electron chi connectivity index (χ1n) is 7.20. The number of amides is 2. The number of nitrogens with one attached hydrogen (secondary N) is 1. The largest absolute Gasteiger partial charge is 0.378 e. The molecule has 0 bridgehead atoms. The van der Waals surface area contributed by atoms with Crippen molar-refractivity contribution in [3.05, 3.63) is 59.9 Å². The third kappa shape index (κ3) is 4.48. The molecule has 0 aliphatic rings. The second-order valence-electron chi connectivity index (χ2n) is 5.44. The van der Waals surface area contributed by atoms with Crippen LogP contribution < -0.4 is 10.2 Å². The van der Waals surface area contributed by atoms with Crippen LogP contribution in [0, 0.1) is 0 Å². The lowest BCUT2D eigenvalue weighted by Crippen LogP contribution is -2.36. The second-order valence-corrected chi connectivity index (χ2v) is 5.44. The molecule has 5 nitrogen and oxygen atoms in total. The van der Waals surface area contributed by atoms with E-state index in [2.05, 4.69) is 22.4 Å². The van der Waals surface area contributed by atoms with Gasteiger partial charge >= 0.3 is 6.03 Å². The first kappa shape index (κ1) is 15.8. The van der Waals surface area contributed by atoms with Gasteiger partial charge in [0.15, 0.2) is 0 Å². The molecule has 1 N–H and O–H groups in total. The van der Waals surface area contributed by atoms with E-state index in [9.17, 15) is 4.79 Å². The molecule has 2 rings (SSSR count). The van der Waals surface area contributed by atoms with Gasteiger partial charge in [0.05, 0.1) is 0 Å². The first-order chi connectivity index (χ1) is 10.6. The van der Waals surface area contributed by atoms with Gasteiger partial charge < -0.3 is 15.1 Å². The number of benzene rings is 1. The molecule has 22 heavy (non-hydrogen) atoms. The fourth-order valence-corrected chi connectivity index (χ4v) is 2.06. The van der Waals surface area contributed by atoms with Crippen LogP contribution in [-0.2, 0) is 13.1 Å². The van der Waals surface area contributed by atoms with Gasteiger partial charge in [0.1, 0.15) is 0 Å². The molecule has 1 aromatic heterocycles. The average Bonchev–Trinajstić information content (AvgIpc) is 2.54. The number of aromatic nitrogens is 1. The van der Waals surface area contributed by atoms with Crippen LogP contribution in [-0.4, -0.2) is 37.1 Å². The van der Waals surface area contributed by atoms with E-state index in [4.69, 9.17) is 0 Å². The summed E-state index contributed by atoms with van der Waals surface area (Å²) in [7, 11) is 5.80. The number of urea groups is 1. The van der Waals surface area contributed by atoms with E-state index >= 15 is 0 Å². The van der Waals surface area contributed by atoms with Crippen LogP contribution >= 0.6 is 0 Å². The van der Waals surface area contributed by atoms with Crippen LogP contribution in [0.3, 0.4) is 0 Å². The van der Waals surface area contributed by atoms with Crippen LogP contribution in [0.25, 0.3) is 0 Å². The highest BCUT2D eigenvalue weighted by Gasteiger charge is 2.08. The molecule has 0 spiro atoms. The van der Waals surface area contributed by atoms with Crippen LogP contribution in [0.1, 0.15) is 11.1 Å². The van der Waals surface area contributed by atoms with E-state index in [0.717, 1.165) is 16.8 Å². The molecule has 0 saturated carbocycles. The number of pyridine rings is 1. The predicted octanol–water partition coefficient (Wildman–Crippen LogP) is 2.49. The Morgan fingerprint density at radius 3 is 2.41 bits per heavy atom. The summed E-state index contributed by atoms with van der Waals surface area (Å²) >= 11 is 0. The number of carbonyl (C=O) groups excluding carboxylic acids is 1. The zero-order valence-electron chi connectivity index (χ0n) is 13.3. The molecule has 1 heterocycles. The van der Waals surface area contributed by atoms with Crippen molar-refractivity contribution in [2.24, 2.45) is 0 Å². The van der Waals surface area contributed by atoms with Crippen molar-refractivity contribution in [1.82, 2.24) is 15.2 Å². The molecule has 5 heteroatoms. The molecule has 0 aliphatic heterocycles. The summed E-state index contributed by atoms with van der Waals surface area (Å²) in [6, 6.07) is 11.9. The van der Waals surface area contributed by atoms with Crippen molar-refractivity contribution in [2.45, 2.75) is 13.1 Å². The van der Waals surface area contributed by atoms with Gasteiger partial charge in [0.25, 0.3) is 0 Å². The molecule has 0 unspecified atom stereocenters. The lowest BCUT2D eigenvalue weighted by Gasteiger charge is -2.19. The van der Waals surface area contributed by atoms with Gasteiger partial charge in [0.2, 0.25) is 0 Å². The maximum atomic E-state index is 12.1. The Hall–Kier alpha value is -2.56. The number of nitrogens with zero attached hydrogens (tertiary/aromatic N) is 3. The summed E-state index contributed by atoms with van der Waals surface area (Å²) in [5.41, 5.74) is 3.23. The van der Waals surface area contributed by atoms with Crippen molar-refractivity contribution in [2.75, 3.05) is 26.0 Å². The normalized spacial score (nSPS) is 10.1. The summed E-state index contributed by atoms with van der Waals surface area (Å²) in [6.07, 6.45) is 3.47. The van der Waals surface area contributed by atoms with Crippen LogP contribution in [0.2, 0.25) is 0 Å². The van der Waals surface area contributed by atoms with E-state index in [1.165, 1.54) is 0 Å². The highest BCUT2D eigenvalue weighted by atomic mass is 16.2. The molecule has 116 valence electrons. The molecule has 0 aliphatic carbocycles. The topological polar surface area (TPSA) is 48.5 Å². The van der Waals surface area contributed by atoms with Gasteiger partial charge in [0, 0.05) is 52.3 Å². The maximum Gasteiger partial charge on any atom is 0.317 e. The highest BCUT2D eigenvalue weighted by Crippen LogP contribution is 2.13. The molecular weight excluding hydrogens is 276 g/mol. The fraction of sp³-hybridized carbons (Fsp3) is 0.294. The van der Waals surface area contributed by atoms with E-state index < -0.39 is 0 Å². The van der Waals surface area contributed by atoms with Gasteiger partial charge in [-0.25, -0.2) is 4.79 Å². The summed E-state index contributed by atoms with van der Waals surface area (Å²) in [5, 5.41) is 2.89. The Kier molecular flexibility index (Phi) is 5.36. The number of anilines is 1. The predicted molar refractivity (Wildman–Crippen MR) is 88.7 cm³/mol. The molecule has 0 saturated heterocycles. The van der Waals surface area contributed by atoms with Gasteiger partial charge in [-0.15, -0.1) is 0 Å². The molecule has 1 aromatic carbocycles. The quantitative estimate of drug-likeness (QED) is 0.922. The van der Waals surface area contributed by atoms with Crippen molar-refractivity contribution in [3.63, 3.8) is 0 Å². The Bertz CT molecular complexity index is 596. The number of rotatable bonds is 5. The van der Waals surface area contributed by atoms with Crippen molar-refractivity contribution in [3.8, 4) is 0 Å². The summed E-state index contributed by atoms with van der Waals surface area (Å²) < 4.78 is 0. The van der Waals surface area contributed by atoms with Crippen LogP contribution in [0.4, 0.5) is 10.5 Å². The Labute approximate surface area is 131 Å². The third-order valence-electron chi connectivity index (χ3n) is 3.39. The fourth-order valence-electron chi connectivity index (χ4n) is 2.06. The number of hydrogen-bond acceptors (Lipinski definition) is 3. The minimum absolute atomic E-state index is 0.0967. The average molecular weight is 298 g/mol. The zero-order chi connectivity index (χ0) is 15.9. The molecule has 0 radical (unpaired) electrons. The Balaban J connectivity index is 1.85. The summed E-state index contributed by atoms with van der Waals surface area (Å²) in [6.45, 7) is 1.06. The van der Waals surface area contributed by atoms with Gasteiger partial charge in [-0.1, -0.05) is 18.2 Å². The maximum absolute atomic E-state index is 12.1. The highest BCUT2D eigenvalue weighted by molar-refractivity contribution is 5.73. The van der Waals surface area contributed by atoms with E-state index in [0.29, 0.717) is 13.1 Å². The molecule has 0 fully saturated rings. The minimum Gasteiger partial charge on any atom is -0.378 e. The number of carbonyl (C=O) groups is 1. The van der Waals surface area contributed by atoms with Crippen LogP contribution in [0.15, 0.2) is 48.8 Å². The van der Waals surface area contributed by atoms with Gasteiger partial charge in [-0.3, -0.25) is 4.98 Å². The number of hydrogen-bond donors (Lipinski definition) is 1. The van der Waals surface area contributed by atoms with Crippen molar-refractivity contribution in [1.29, 1.82) is 0 Å². The van der Waals surface area contributed by atoms with Gasteiger partial charge in [-0.2, -0.15) is 0 Å². The van der Waals surface area contributed by atoms with E-state index in [1.54, 1.807) is 24.3 Å². The summed E-state index contributed by atoms with van der Waals surface area (Å²) in [4.78, 5) is 19.8. The van der Waals surface area contributed by atoms with Crippen molar-refractivity contribution < 1.29 is 4.79 Å². The van der Waals surface area contributed by atoms with E-state index in [-0.39, 0.29) is 6.03 Å². The first-order valence-corrected chi connectivity index (χ1v) is 7.20. The molecule has 0 atom stereocenters. The minimum atomic E-state index is -0.0967. The van der Waals surface area contributed by atoms with Crippen molar-refractivity contribution >= 4 is 11.7 Å². The molecule has 2 amide bonds. The smallest absolute Gasteiger partial charge is 0.317 e. The third-order valence-corrected chi connectivity index (χ3v) is 3.39. The molecule has 2 aromatic rings. The molecular formula is C17H22N4O. The Morgan fingerprint density at radius 2 is 1.82 bits per heavy atom. The SMILES string of the molecule is CN(Cc1ccc(N(C)C)cc1)C(=O)NCc1cccnc1. The van der Waals surface area contributed by atoms with Crippen LogP contribution in [0.5, 0.6) is 0 Å². The standard InChI is InChI=1S/C17H22N4O/c1-20(2)16-8-6-14(7-9-16)13-21(3)17(22)19-12-15-5-4-10-18-11-15/h4-11H,12-13H2,1-3H3,(H,19,22). The second kappa shape index (κ2) is 7.45. The zero-order valence-corrected chi connectivity index (χ0v) is 13.3. The van der Waals surface area contributed by atoms with E-state index in [1.807, 2.05) is 43.3 Å². The summed E-state index contributed by atoms with van der Waals surface area (Å²) in [5.74, 6) is 0.